The molecular weight excluding hydrogens is 270 g/mol. The first-order valence-corrected chi connectivity index (χ1v) is 7.93. The minimum Gasteiger partial charge on any atom is -0.383 e. The van der Waals surface area contributed by atoms with E-state index in [0.29, 0.717) is 11.5 Å². The van der Waals surface area contributed by atoms with Crippen molar-refractivity contribution in [1.82, 2.24) is 0 Å². The standard InChI is InChI=1S/C17H26ClNO/c1-13-9-16(12-17(2,3)11-13)20-8-7-19-15-6-4-5-14(18)10-15/h4-6,10,13,16,19H,7-9,11-12H2,1-3H3. The van der Waals surface area contributed by atoms with Gasteiger partial charge in [0, 0.05) is 17.3 Å². The Bertz CT molecular complexity index is 433. The Kier molecular flexibility index (Phi) is 5.34. The zero-order valence-electron chi connectivity index (χ0n) is 12.8. The molecule has 0 spiro atoms. The fraction of sp³-hybridized carbons (Fsp3) is 0.647. The fourth-order valence-corrected chi connectivity index (χ4v) is 3.60. The first kappa shape index (κ1) is 15.7. The minimum absolute atomic E-state index is 0.412. The maximum absolute atomic E-state index is 6.05. The van der Waals surface area contributed by atoms with Crippen molar-refractivity contribution >= 4 is 17.3 Å². The van der Waals surface area contributed by atoms with Crippen LogP contribution in [0, 0.1) is 11.3 Å². The molecule has 20 heavy (non-hydrogen) atoms. The molecule has 2 atom stereocenters. The highest BCUT2D eigenvalue weighted by Gasteiger charge is 2.32. The quantitative estimate of drug-likeness (QED) is 0.773. The Hall–Kier alpha value is -0.730. The third-order valence-corrected chi connectivity index (χ3v) is 4.19. The van der Waals surface area contributed by atoms with Crippen LogP contribution in [0.5, 0.6) is 0 Å². The molecule has 0 saturated heterocycles. The van der Waals surface area contributed by atoms with Gasteiger partial charge in [0.25, 0.3) is 0 Å². The first-order chi connectivity index (χ1) is 9.44. The molecule has 1 aliphatic rings. The van der Waals surface area contributed by atoms with Crippen molar-refractivity contribution in [2.75, 3.05) is 18.5 Å². The molecule has 1 aromatic rings. The molecule has 3 heteroatoms. The van der Waals surface area contributed by atoms with Crippen LogP contribution < -0.4 is 5.32 Å². The highest BCUT2D eigenvalue weighted by Crippen LogP contribution is 2.39. The molecule has 0 heterocycles. The average Bonchev–Trinajstić information content (AvgIpc) is 2.32. The molecule has 1 saturated carbocycles. The summed E-state index contributed by atoms with van der Waals surface area (Å²) in [6.45, 7) is 8.61. The number of ether oxygens (including phenoxy) is 1. The number of halogens is 1. The molecule has 0 radical (unpaired) electrons. The van der Waals surface area contributed by atoms with E-state index >= 15 is 0 Å². The SMILES string of the molecule is CC1CC(OCCNc2cccc(Cl)c2)CC(C)(C)C1. The summed E-state index contributed by atoms with van der Waals surface area (Å²) in [5, 5.41) is 4.11. The van der Waals surface area contributed by atoms with E-state index in [1.54, 1.807) is 0 Å². The highest BCUT2D eigenvalue weighted by molar-refractivity contribution is 6.30. The molecule has 1 N–H and O–H groups in total. The predicted molar refractivity (Wildman–Crippen MR) is 86.5 cm³/mol. The van der Waals surface area contributed by atoms with Gasteiger partial charge in [-0.05, 0) is 48.8 Å². The van der Waals surface area contributed by atoms with Crippen molar-refractivity contribution in [3.63, 3.8) is 0 Å². The van der Waals surface area contributed by atoms with E-state index in [2.05, 4.69) is 26.1 Å². The summed E-state index contributed by atoms with van der Waals surface area (Å²) in [5.74, 6) is 0.768. The van der Waals surface area contributed by atoms with Gasteiger partial charge in [-0.2, -0.15) is 0 Å². The number of nitrogens with one attached hydrogen (secondary N) is 1. The summed E-state index contributed by atoms with van der Waals surface area (Å²) in [4.78, 5) is 0. The van der Waals surface area contributed by atoms with Crippen LogP contribution in [0.15, 0.2) is 24.3 Å². The molecule has 2 unspecified atom stereocenters. The maximum Gasteiger partial charge on any atom is 0.0642 e. The Morgan fingerprint density at radius 3 is 2.85 bits per heavy atom. The van der Waals surface area contributed by atoms with Crippen LogP contribution in [0.3, 0.4) is 0 Å². The summed E-state index contributed by atoms with van der Waals surface area (Å²) in [5.41, 5.74) is 1.47. The number of benzene rings is 1. The Morgan fingerprint density at radius 2 is 2.15 bits per heavy atom. The average molecular weight is 296 g/mol. The Morgan fingerprint density at radius 1 is 1.35 bits per heavy atom. The van der Waals surface area contributed by atoms with E-state index in [1.807, 2.05) is 24.3 Å². The molecule has 1 aromatic carbocycles. The lowest BCUT2D eigenvalue weighted by Gasteiger charge is -2.38. The first-order valence-electron chi connectivity index (χ1n) is 7.56. The molecule has 112 valence electrons. The van der Waals surface area contributed by atoms with Gasteiger partial charge >= 0.3 is 0 Å². The number of hydrogen-bond acceptors (Lipinski definition) is 2. The zero-order valence-corrected chi connectivity index (χ0v) is 13.5. The molecule has 1 aliphatic carbocycles. The number of rotatable bonds is 5. The van der Waals surface area contributed by atoms with Crippen molar-refractivity contribution in [3.8, 4) is 0 Å². The fourth-order valence-electron chi connectivity index (χ4n) is 3.40. The lowest BCUT2D eigenvalue weighted by molar-refractivity contribution is -0.0185. The predicted octanol–water partition coefficient (Wildman–Crippen LogP) is 4.98. The van der Waals surface area contributed by atoms with Crippen LogP contribution >= 0.6 is 11.6 Å². The van der Waals surface area contributed by atoms with Crippen molar-refractivity contribution in [2.45, 2.75) is 46.1 Å². The summed E-state index contributed by atoms with van der Waals surface area (Å²) in [6, 6.07) is 7.80. The third kappa shape index (κ3) is 4.99. The molecule has 1 fully saturated rings. The molecular formula is C17H26ClNO. The molecule has 0 aromatic heterocycles. The molecule has 0 bridgehead atoms. The Balaban J connectivity index is 1.71. The van der Waals surface area contributed by atoms with E-state index in [4.69, 9.17) is 16.3 Å². The van der Waals surface area contributed by atoms with Crippen LogP contribution in [0.2, 0.25) is 5.02 Å². The largest absolute Gasteiger partial charge is 0.383 e. The lowest BCUT2D eigenvalue weighted by atomic mass is 9.71. The minimum atomic E-state index is 0.412. The Labute approximate surface area is 127 Å². The van der Waals surface area contributed by atoms with Gasteiger partial charge in [0.2, 0.25) is 0 Å². The second-order valence-electron chi connectivity index (χ2n) is 6.84. The van der Waals surface area contributed by atoms with Crippen LogP contribution in [0.1, 0.15) is 40.0 Å². The van der Waals surface area contributed by atoms with Gasteiger partial charge in [-0.15, -0.1) is 0 Å². The normalized spacial score (nSPS) is 25.4. The highest BCUT2D eigenvalue weighted by atomic mass is 35.5. The third-order valence-electron chi connectivity index (χ3n) is 3.96. The van der Waals surface area contributed by atoms with Gasteiger partial charge in [-0.25, -0.2) is 0 Å². The second kappa shape index (κ2) is 6.82. The second-order valence-corrected chi connectivity index (χ2v) is 7.28. The summed E-state index contributed by atoms with van der Waals surface area (Å²) in [6.07, 6.45) is 4.10. The van der Waals surface area contributed by atoms with Gasteiger partial charge in [0.05, 0.1) is 12.7 Å². The molecule has 0 amide bonds. The van der Waals surface area contributed by atoms with E-state index in [9.17, 15) is 0 Å². The van der Waals surface area contributed by atoms with Crippen molar-refractivity contribution in [2.24, 2.45) is 11.3 Å². The number of hydrogen-bond donors (Lipinski definition) is 1. The van der Waals surface area contributed by atoms with Gasteiger partial charge in [0.15, 0.2) is 0 Å². The summed E-state index contributed by atoms with van der Waals surface area (Å²) in [7, 11) is 0. The van der Waals surface area contributed by atoms with Crippen LogP contribution in [-0.4, -0.2) is 19.3 Å². The van der Waals surface area contributed by atoms with Crippen molar-refractivity contribution < 1.29 is 4.74 Å². The van der Waals surface area contributed by atoms with Gasteiger partial charge in [-0.3, -0.25) is 0 Å². The zero-order chi connectivity index (χ0) is 14.6. The topological polar surface area (TPSA) is 21.3 Å². The number of anilines is 1. The van der Waals surface area contributed by atoms with E-state index < -0.39 is 0 Å². The monoisotopic (exact) mass is 295 g/mol. The van der Waals surface area contributed by atoms with Crippen LogP contribution in [0.4, 0.5) is 5.69 Å². The summed E-state index contributed by atoms with van der Waals surface area (Å²) < 4.78 is 6.05. The van der Waals surface area contributed by atoms with Crippen LogP contribution in [0.25, 0.3) is 0 Å². The molecule has 2 rings (SSSR count). The summed E-state index contributed by atoms with van der Waals surface area (Å²) >= 11 is 5.96. The van der Waals surface area contributed by atoms with Crippen molar-refractivity contribution in [1.29, 1.82) is 0 Å². The van der Waals surface area contributed by atoms with Gasteiger partial charge < -0.3 is 10.1 Å². The lowest BCUT2D eigenvalue weighted by Crippen LogP contribution is -2.33. The van der Waals surface area contributed by atoms with E-state index in [-0.39, 0.29) is 0 Å². The molecule has 0 aliphatic heterocycles. The van der Waals surface area contributed by atoms with Gasteiger partial charge in [-0.1, -0.05) is 38.4 Å². The van der Waals surface area contributed by atoms with E-state index in [0.717, 1.165) is 29.8 Å². The maximum atomic E-state index is 6.05. The van der Waals surface area contributed by atoms with Gasteiger partial charge in [0.1, 0.15) is 0 Å². The van der Waals surface area contributed by atoms with Crippen LogP contribution in [-0.2, 0) is 4.74 Å². The smallest absolute Gasteiger partial charge is 0.0642 e. The van der Waals surface area contributed by atoms with Crippen molar-refractivity contribution in [3.05, 3.63) is 29.3 Å². The van der Waals surface area contributed by atoms with E-state index in [1.165, 1.54) is 19.3 Å². The molecule has 2 nitrogen and oxygen atoms in total.